The molecule has 0 unspecified atom stereocenters. The highest BCUT2D eigenvalue weighted by Gasteiger charge is 2.18. The molecule has 0 saturated carbocycles. The maximum Gasteiger partial charge on any atom is 0.317 e. The highest BCUT2D eigenvalue weighted by molar-refractivity contribution is 5.69. The SMILES string of the molecule is CNCCN(CCOC)c1ncc(-c2ccnc(Nc3cccc(CN4CCN(CC(=O)O)CC4)c3)c2)cn1. The van der Waals surface area contributed by atoms with Crippen LogP contribution in [0.3, 0.4) is 0 Å². The molecule has 4 rings (SSSR count). The molecule has 11 heteroatoms. The predicted molar refractivity (Wildman–Crippen MR) is 152 cm³/mol. The van der Waals surface area contributed by atoms with Crippen LogP contribution in [0, 0.1) is 0 Å². The number of carboxylic acid groups (broad SMARTS) is 1. The first-order valence-corrected chi connectivity index (χ1v) is 13.2. The molecular weight excluding hydrogens is 496 g/mol. The zero-order valence-electron chi connectivity index (χ0n) is 22.7. The number of pyridine rings is 1. The molecule has 11 nitrogen and oxygen atoms in total. The van der Waals surface area contributed by atoms with Gasteiger partial charge in [0.15, 0.2) is 0 Å². The molecule has 0 atom stereocenters. The van der Waals surface area contributed by atoms with Crippen molar-refractivity contribution in [2.45, 2.75) is 6.54 Å². The summed E-state index contributed by atoms with van der Waals surface area (Å²) in [4.78, 5) is 31.1. The molecule has 0 amide bonds. The molecule has 1 fully saturated rings. The summed E-state index contributed by atoms with van der Waals surface area (Å²) in [5.74, 6) is 0.652. The zero-order chi connectivity index (χ0) is 27.5. The van der Waals surface area contributed by atoms with Crippen molar-refractivity contribution in [1.29, 1.82) is 0 Å². The summed E-state index contributed by atoms with van der Waals surface area (Å²) in [6.45, 7) is 7.15. The summed E-state index contributed by atoms with van der Waals surface area (Å²) < 4.78 is 5.24. The highest BCUT2D eigenvalue weighted by Crippen LogP contribution is 2.24. The Morgan fingerprint density at radius 3 is 2.51 bits per heavy atom. The number of anilines is 3. The molecule has 1 aliphatic heterocycles. The van der Waals surface area contributed by atoms with Gasteiger partial charge in [0, 0.05) is 89.3 Å². The Balaban J connectivity index is 1.37. The Morgan fingerprint density at radius 1 is 1.03 bits per heavy atom. The number of piperazine rings is 1. The van der Waals surface area contributed by atoms with E-state index < -0.39 is 5.97 Å². The van der Waals surface area contributed by atoms with E-state index >= 15 is 0 Å². The number of aromatic nitrogens is 3. The van der Waals surface area contributed by atoms with Crippen LogP contribution in [0.4, 0.5) is 17.5 Å². The van der Waals surface area contributed by atoms with Gasteiger partial charge in [-0.2, -0.15) is 0 Å². The molecule has 1 aromatic carbocycles. The minimum atomic E-state index is -0.769. The maximum atomic E-state index is 10.9. The van der Waals surface area contributed by atoms with Crippen LogP contribution < -0.4 is 15.5 Å². The molecule has 0 bridgehead atoms. The Morgan fingerprint density at radius 2 is 1.79 bits per heavy atom. The number of nitrogens with zero attached hydrogens (tertiary/aromatic N) is 6. The lowest BCUT2D eigenvalue weighted by Crippen LogP contribution is -2.47. The zero-order valence-corrected chi connectivity index (χ0v) is 22.7. The molecule has 1 aliphatic rings. The summed E-state index contributed by atoms with van der Waals surface area (Å²) in [7, 11) is 3.62. The fourth-order valence-corrected chi connectivity index (χ4v) is 4.52. The predicted octanol–water partition coefficient (Wildman–Crippen LogP) is 2.16. The standard InChI is InChI=1S/C28H38N8O3/c1-29-8-9-36(14-15-39-2)28-31-18-24(19-32-28)23-6-7-30-26(17-23)33-25-5-3-4-22(16-25)20-34-10-12-35(13-11-34)21-27(37)38/h3-7,16-19,29H,8-15,20-21H2,1-2H3,(H,30,33)(H,37,38). The average Bonchev–Trinajstić information content (AvgIpc) is 2.94. The van der Waals surface area contributed by atoms with Crippen LogP contribution in [0.25, 0.3) is 11.1 Å². The van der Waals surface area contributed by atoms with E-state index in [1.807, 2.05) is 48.6 Å². The minimum Gasteiger partial charge on any atom is -0.480 e. The number of carbonyl (C=O) groups is 1. The molecule has 1 saturated heterocycles. The van der Waals surface area contributed by atoms with Crippen molar-refractivity contribution in [3.63, 3.8) is 0 Å². The number of carboxylic acids is 1. The number of rotatable bonds is 14. The number of benzene rings is 1. The van der Waals surface area contributed by atoms with E-state index in [0.29, 0.717) is 12.6 Å². The van der Waals surface area contributed by atoms with E-state index in [1.54, 1.807) is 13.3 Å². The lowest BCUT2D eigenvalue weighted by molar-refractivity contribution is -0.138. The molecule has 39 heavy (non-hydrogen) atoms. The Hall–Kier alpha value is -3.64. The Bertz CT molecular complexity index is 1180. The summed E-state index contributed by atoms with van der Waals surface area (Å²) in [6.07, 6.45) is 5.47. The van der Waals surface area contributed by atoms with Gasteiger partial charge in [-0.3, -0.25) is 14.6 Å². The van der Waals surface area contributed by atoms with Crippen molar-refractivity contribution in [1.82, 2.24) is 30.1 Å². The van der Waals surface area contributed by atoms with Crippen molar-refractivity contribution in [2.75, 3.05) is 83.3 Å². The molecular formula is C28H38N8O3. The van der Waals surface area contributed by atoms with Crippen LogP contribution in [0.1, 0.15) is 5.56 Å². The lowest BCUT2D eigenvalue weighted by atomic mass is 10.1. The second-order valence-corrected chi connectivity index (χ2v) is 9.56. The van der Waals surface area contributed by atoms with Crippen LogP contribution in [0.5, 0.6) is 0 Å². The largest absolute Gasteiger partial charge is 0.480 e. The number of ether oxygens (including phenoxy) is 1. The van der Waals surface area contributed by atoms with Crippen LogP contribution >= 0.6 is 0 Å². The summed E-state index contributed by atoms with van der Waals surface area (Å²) in [5, 5.41) is 15.6. The molecule has 2 aromatic heterocycles. The molecule has 208 valence electrons. The van der Waals surface area contributed by atoms with Gasteiger partial charge in [-0.15, -0.1) is 0 Å². The van der Waals surface area contributed by atoms with Crippen molar-refractivity contribution < 1.29 is 14.6 Å². The topological polar surface area (TPSA) is 119 Å². The third-order valence-corrected chi connectivity index (χ3v) is 6.64. The summed E-state index contributed by atoms with van der Waals surface area (Å²) in [5.41, 5.74) is 4.06. The third-order valence-electron chi connectivity index (χ3n) is 6.64. The molecule has 0 radical (unpaired) electrons. The van der Waals surface area contributed by atoms with Gasteiger partial charge in [0.05, 0.1) is 13.2 Å². The van der Waals surface area contributed by atoms with Crippen LogP contribution in [-0.4, -0.2) is 109 Å². The van der Waals surface area contributed by atoms with Crippen molar-refractivity contribution in [3.8, 4) is 11.1 Å². The number of likely N-dealkylation sites (N-methyl/N-ethyl adjacent to an activating group) is 1. The Labute approximate surface area is 229 Å². The molecule has 0 aliphatic carbocycles. The average molecular weight is 535 g/mol. The first-order chi connectivity index (χ1) is 19.0. The van der Waals surface area contributed by atoms with E-state index in [4.69, 9.17) is 9.84 Å². The quantitative estimate of drug-likeness (QED) is 0.282. The molecule has 3 N–H and O–H groups in total. The number of hydrogen-bond acceptors (Lipinski definition) is 10. The van der Waals surface area contributed by atoms with E-state index in [0.717, 1.165) is 75.0 Å². The van der Waals surface area contributed by atoms with E-state index in [2.05, 4.69) is 47.5 Å². The monoisotopic (exact) mass is 534 g/mol. The van der Waals surface area contributed by atoms with Crippen LogP contribution in [-0.2, 0) is 16.1 Å². The second kappa shape index (κ2) is 14.5. The molecule has 3 aromatic rings. The first kappa shape index (κ1) is 28.4. The second-order valence-electron chi connectivity index (χ2n) is 9.56. The molecule has 3 heterocycles. The van der Waals surface area contributed by atoms with Crippen molar-refractivity contribution >= 4 is 23.4 Å². The van der Waals surface area contributed by atoms with Gasteiger partial charge >= 0.3 is 5.97 Å². The fourth-order valence-electron chi connectivity index (χ4n) is 4.52. The van der Waals surface area contributed by atoms with Gasteiger partial charge in [-0.05, 0) is 42.4 Å². The van der Waals surface area contributed by atoms with Gasteiger partial charge in [-0.1, -0.05) is 12.1 Å². The summed E-state index contributed by atoms with van der Waals surface area (Å²) >= 11 is 0. The fraction of sp³-hybridized carbons (Fsp3) is 0.429. The minimum absolute atomic E-state index is 0.110. The number of nitrogens with one attached hydrogen (secondary N) is 2. The van der Waals surface area contributed by atoms with Gasteiger partial charge in [0.25, 0.3) is 0 Å². The van der Waals surface area contributed by atoms with Gasteiger partial charge in [-0.25, -0.2) is 15.0 Å². The number of hydrogen-bond donors (Lipinski definition) is 3. The van der Waals surface area contributed by atoms with Crippen LogP contribution in [0.2, 0.25) is 0 Å². The lowest BCUT2D eigenvalue weighted by Gasteiger charge is -2.33. The smallest absolute Gasteiger partial charge is 0.317 e. The summed E-state index contributed by atoms with van der Waals surface area (Å²) in [6, 6.07) is 12.3. The third kappa shape index (κ3) is 8.69. The number of methoxy groups -OCH3 is 1. The highest BCUT2D eigenvalue weighted by atomic mass is 16.5. The van der Waals surface area contributed by atoms with Crippen molar-refractivity contribution in [2.24, 2.45) is 0 Å². The van der Waals surface area contributed by atoms with E-state index in [-0.39, 0.29) is 6.54 Å². The van der Waals surface area contributed by atoms with Crippen molar-refractivity contribution in [3.05, 3.63) is 60.6 Å². The van der Waals surface area contributed by atoms with Gasteiger partial charge < -0.3 is 25.4 Å². The Kier molecular flexibility index (Phi) is 10.5. The first-order valence-electron chi connectivity index (χ1n) is 13.2. The normalized spacial score (nSPS) is 14.3. The van der Waals surface area contributed by atoms with E-state index in [9.17, 15) is 4.79 Å². The number of aliphatic carboxylic acids is 1. The van der Waals surface area contributed by atoms with Crippen LogP contribution in [0.15, 0.2) is 55.0 Å². The van der Waals surface area contributed by atoms with Gasteiger partial charge in [0.2, 0.25) is 5.95 Å². The maximum absolute atomic E-state index is 10.9. The van der Waals surface area contributed by atoms with Gasteiger partial charge in [0.1, 0.15) is 5.82 Å². The van der Waals surface area contributed by atoms with E-state index in [1.165, 1.54) is 5.56 Å². The molecule has 0 spiro atoms.